The third kappa shape index (κ3) is 5.40. The van der Waals surface area contributed by atoms with Crippen LogP contribution in [0.5, 0.6) is 5.75 Å². The number of nitrogens with zero attached hydrogens (tertiary/aromatic N) is 4. The van der Waals surface area contributed by atoms with E-state index < -0.39 is 11.8 Å². The second kappa shape index (κ2) is 10.5. The van der Waals surface area contributed by atoms with Gasteiger partial charge in [-0.2, -0.15) is 0 Å². The van der Waals surface area contributed by atoms with Crippen LogP contribution in [-0.4, -0.2) is 38.9 Å². The zero-order valence-electron chi connectivity index (χ0n) is 17.2. The van der Waals surface area contributed by atoms with Crippen molar-refractivity contribution in [2.24, 2.45) is 0 Å². The van der Waals surface area contributed by atoms with Gasteiger partial charge in [0.1, 0.15) is 23.1 Å². The van der Waals surface area contributed by atoms with Crippen molar-refractivity contribution < 1.29 is 18.7 Å². The standard InChI is InChI=1S/C22H25FN4O3/c1-3-8-20-25-21(26-27(20)19-11-6-5-10-18(19)23)22(28)30-12-7-9-16-13-17(29-4-2)15-24-14-16/h5-6,10-11,13-15H,3-4,7-9,12H2,1-2H3. The number of ether oxygens (including phenoxy) is 2. The monoisotopic (exact) mass is 412 g/mol. The van der Waals surface area contributed by atoms with Crippen molar-refractivity contribution in [1.82, 2.24) is 19.7 Å². The molecule has 0 aliphatic heterocycles. The number of carbonyl (C=O) groups is 1. The Morgan fingerprint density at radius 2 is 2.00 bits per heavy atom. The maximum absolute atomic E-state index is 14.2. The molecule has 8 heteroatoms. The van der Waals surface area contributed by atoms with E-state index in [4.69, 9.17) is 9.47 Å². The van der Waals surface area contributed by atoms with Gasteiger partial charge >= 0.3 is 5.97 Å². The van der Waals surface area contributed by atoms with E-state index in [0.717, 1.165) is 17.7 Å². The summed E-state index contributed by atoms with van der Waals surface area (Å²) in [6.07, 6.45) is 6.10. The molecule has 0 bridgehead atoms. The summed E-state index contributed by atoms with van der Waals surface area (Å²) in [5, 5.41) is 4.19. The van der Waals surface area contributed by atoms with Crippen LogP contribution in [0, 0.1) is 5.82 Å². The Hall–Kier alpha value is -3.29. The third-order valence-corrected chi connectivity index (χ3v) is 4.33. The number of rotatable bonds is 10. The SMILES string of the molecule is CCCc1nc(C(=O)OCCCc2cncc(OCC)c2)nn1-c1ccccc1F. The third-order valence-electron chi connectivity index (χ3n) is 4.33. The molecule has 0 saturated heterocycles. The summed E-state index contributed by atoms with van der Waals surface area (Å²) in [7, 11) is 0. The molecule has 0 atom stereocenters. The molecule has 0 fully saturated rings. The smallest absolute Gasteiger partial charge is 0.378 e. The van der Waals surface area contributed by atoms with Crippen molar-refractivity contribution >= 4 is 5.97 Å². The summed E-state index contributed by atoms with van der Waals surface area (Å²) < 4.78 is 26.3. The molecule has 0 radical (unpaired) electrons. The lowest BCUT2D eigenvalue weighted by Crippen LogP contribution is -2.10. The van der Waals surface area contributed by atoms with Gasteiger partial charge < -0.3 is 9.47 Å². The molecule has 0 N–H and O–H groups in total. The van der Waals surface area contributed by atoms with E-state index in [1.807, 2.05) is 19.9 Å². The van der Waals surface area contributed by atoms with Crippen molar-refractivity contribution in [3.05, 3.63) is 65.8 Å². The zero-order chi connectivity index (χ0) is 21.3. The van der Waals surface area contributed by atoms with E-state index in [0.29, 0.717) is 31.7 Å². The number of esters is 1. The Morgan fingerprint density at radius 1 is 1.17 bits per heavy atom. The molecule has 0 aliphatic rings. The molecule has 0 unspecified atom stereocenters. The van der Waals surface area contributed by atoms with Gasteiger partial charge in [0.15, 0.2) is 0 Å². The number of hydrogen-bond donors (Lipinski definition) is 0. The normalized spacial score (nSPS) is 10.8. The van der Waals surface area contributed by atoms with E-state index in [-0.39, 0.29) is 18.1 Å². The van der Waals surface area contributed by atoms with Gasteiger partial charge in [-0.3, -0.25) is 4.98 Å². The van der Waals surface area contributed by atoms with Crippen LogP contribution in [0.25, 0.3) is 5.69 Å². The number of carbonyl (C=O) groups excluding carboxylic acids is 1. The first-order valence-corrected chi connectivity index (χ1v) is 10.1. The van der Waals surface area contributed by atoms with Crippen LogP contribution in [-0.2, 0) is 17.6 Å². The molecular formula is C22H25FN4O3. The Kier molecular flexibility index (Phi) is 7.48. The second-order valence-electron chi connectivity index (χ2n) is 6.67. The van der Waals surface area contributed by atoms with Gasteiger partial charge in [0.25, 0.3) is 5.82 Å². The highest BCUT2D eigenvalue weighted by atomic mass is 19.1. The van der Waals surface area contributed by atoms with Gasteiger partial charge in [0.05, 0.1) is 19.4 Å². The molecule has 3 aromatic rings. The number of pyridine rings is 1. The summed E-state index contributed by atoms with van der Waals surface area (Å²) in [6.45, 7) is 4.69. The van der Waals surface area contributed by atoms with Crippen LogP contribution in [0.2, 0.25) is 0 Å². The lowest BCUT2D eigenvalue weighted by Gasteiger charge is -2.06. The van der Waals surface area contributed by atoms with Gasteiger partial charge in [-0.1, -0.05) is 19.1 Å². The highest BCUT2D eigenvalue weighted by Gasteiger charge is 2.19. The second-order valence-corrected chi connectivity index (χ2v) is 6.67. The quantitative estimate of drug-likeness (QED) is 0.371. The van der Waals surface area contributed by atoms with Crippen molar-refractivity contribution in [2.45, 2.75) is 39.5 Å². The average molecular weight is 412 g/mol. The molecule has 7 nitrogen and oxygen atoms in total. The Labute approximate surface area is 174 Å². The predicted octanol–water partition coefficient (Wildman–Crippen LogP) is 3.94. The lowest BCUT2D eigenvalue weighted by molar-refractivity contribution is 0.0486. The summed E-state index contributed by atoms with van der Waals surface area (Å²) >= 11 is 0. The number of para-hydroxylation sites is 1. The Balaban J connectivity index is 1.61. The fourth-order valence-corrected chi connectivity index (χ4v) is 2.98. The molecule has 0 spiro atoms. The summed E-state index contributed by atoms with van der Waals surface area (Å²) in [6, 6.07) is 8.18. The fourth-order valence-electron chi connectivity index (χ4n) is 2.98. The highest BCUT2D eigenvalue weighted by molar-refractivity contribution is 5.85. The molecule has 1 aromatic carbocycles. The molecule has 3 rings (SSSR count). The van der Waals surface area contributed by atoms with E-state index in [1.165, 1.54) is 10.7 Å². The van der Waals surface area contributed by atoms with E-state index >= 15 is 0 Å². The fraction of sp³-hybridized carbons (Fsp3) is 0.364. The number of halogens is 1. The molecule has 2 aromatic heterocycles. The number of aryl methyl sites for hydroxylation is 2. The molecule has 0 aliphatic carbocycles. The van der Waals surface area contributed by atoms with Crippen LogP contribution in [0.4, 0.5) is 4.39 Å². The van der Waals surface area contributed by atoms with Gasteiger partial charge in [0, 0.05) is 12.6 Å². The van der Waals surface area contributed by atoms with E-state index in [9.17, 15) is 9.18 Å². The first-order chi connectivity index (χ1) is 14.6. The molecule has 2 heterocycles. The van der Waals surface area contributed by atoms with Crippen molar-refractivity contribution in [2.75, 3.05) is 13.2 Å². The van der Waals surface area contributed by atoms with E-state index in [1.54, 1.807) is 30.6 Å². The maximum atomic E-state index is 14.2. The topological polar surface area (TPSA) is 79.1 Å². The first-order valence-electron chi connectivity index (χ1n) is 10.1. The molecule has 0 saturated carbocycles. The summed E-state index contributed by atoms with van der Waals surface area (Å²) in [5.74, 6) is 0.125. The predicted molar refractivity (Wildman–Crippen MR) is 109 cm³/mol. The Bertz CT molecular complexity index is 990. The van der Waals surface area contributed by atoms with Gasteiger partial charge in [-0.15, -0.1) is 5.10 Å². The van der Waals surface area contributed by atoms with Gasteiger partial charge in [-0.05, 0) is 49.9 Å². The number of benzene rings is 1. The minimum atomic E-state index is -0.622. The minimum Gasteiger partial charge on any atom is -0.492 e. The highest BCUT2D eigenvalue weighted by Crippen LogP contribution is 2.16. The van der Waals surface area contributed by atoms with Crippen molar-refractivity contribution in [3.8, 4) is 11.4 Å². The average Bonchev–Trinajstić information content (AvgIpc) is 3.16. The summed E-state index contributed by atoms with van der Waals surface area (Å²) in [5.41, 5.74) is 1.26. The van der Waals surface area contributed by atoms with Gasteiger partial charge in [0.2, 0.25) is 0 Å². The number of aromatic nitrogens is 4. The zero-order valence-corrected chi connectivity index (χ0v) is 17.2. The van der Waals surface area contributed by atoms with Crippen LogP contribution < -0.4 is 4.74 Å². The molecule has 0 amide bonds. The van der Waals surface area contributed by atoms with Crippen molar-refractivity contribution in [1.29, 1.82) is 0 Å². The van der Waals surface area contributed by atoms with Crippen LogP contribution in [0.1, 0.15) is 48.7 Å². The van der Waals surface area contributed by atoms with Crippen molar-refractivity contribution in [3.63, 3.8) is 0 Å². The van der Waals surface area contributed by atoms with Gasteiger partial charge in [-0.25, -0.2) is 18.9 Å². The summed E-state index contributed by atoms with van der Waals surface area (Å²) in [4.78, 5) is 20.8. The van der Waals surface area contributed by atoms with Crippen LogP contribution in [0.15, 0.2) is 42.7 Å². The Morgan fingerprint density at radius 3 is 2.77 bits per heavy atom. The molecule has 158 valence electrons. The minimum absolute atomic E-state index is 0.0679. The largest absolute Gasteiger partial charge is 0.492 e. The van der Waals surface area contributed by atoms with Crippen LogP contribution >= 0.6 is 0 Å². The van der Waals surface area contributed by atoms with E-state index in [2.05, 4.69) is 15.1 Å². The first kappa shape index (κ1) is 21.4. The molecular weight excluding hydrogens is 387 g/mol. The molecule has 30 heavy (non-hydrogen) atoms. The lowest BCUT2D eigenvalue weighted by atomic mass is 10.1. The number of hydrogen-bond acceptors (Lipinski definition) is 6. The maximum Gasteiger partial charge on any atom is 0.378 e. The van der Waals surface area contributed by atoms with Crippen LogP contribution in [0.3, 0.4) is 0 Å².